The van der Waals surface area contributed by atoms with Gasteiger partial charge < -0.3 is 4.74 Å². The molecule has 0 saturated heterocycles. The molecule has 0 spiro atoms. The van der Waals surface area contributed by atoms with E-state index in [1.54, 1.807) is 7.05 Å². The van der Waals surface area contributed by atoms with E-state index in [-0.39, 0.29) is 6.09 Å². The van der Waals surface area contributed by atoms with Gasteiger partial charge in [0.1, 0.15) is 0 Å². The predicted octanol–water partition coefficient (Wildman–Crippen LogP) is 3.56. The average molecular weight is 241 g/mol. The fourth-order valence-corrected chi connectivity index (χ4v) is 1.86. The molecular formula is C15H15NO2. The molecule has 2 aromatic rings. The normalized spacial score (nSPS) is 9.89. The van der Waals surface area contributed by atoms with E-state index < -0.39 is 0 Å². The second-order valence-electron chi connectivity index (χ2n) is 3.91. The Labute approximate surface area is 107 Å². The molecule has 1 amide bonds. The number of rotatable bonds is 2. The number of nitrogens with zero attached hydrogens (tertiary/aromatic N) is 1. The Morgan fingerprint density at radius 2 is 1.61 bits per heavy atom. The predicted molar refractivity (Wildman–Crippen MR) is 72.7 cm³/mol. The van der Waals surface area contributed by atoms with E-state index in [9.17, 15) is 4.79 Å². The highest BCUT2D eigenvalue weighted by molar-refractivity contribution is 5.93. The maximum atomic E-state index is 11.6. The van der Waals surface area contributed by atoms with Gasteiger partial charge >= 0.3 is 6.09 Å². The molecule has 92 valence electrons. The first-order chi connectivity index (χ1) is 8.74. The first-order valence-corrected chi connectivity index (χ1v) is 5.70. The molecule has 0 aromatic heterocycles. The summed E-state index contributed by atoms with van der Waals surface area (Å²) in [5, 5.41) is 0. The van der Waals surface area contributed by atoms with Gasteiger partial charge in [0.2, 0.25) is 0 Å². The third-order valence-electron chi connectivity index (χ3n) is 2.80. The lowest BCUT2D eigenvalue weighted by molar-refractivity contribution is 0.180. The number of benzene rings is 2. The van der Waals surface area contributed by atoms with Crippen LogP contribution in [0.25, 0.3) is 11.1 Å². The van der Waals surface area contributed by atoms with Crippen LogP contribution in [-0.4, -0.2) is 20.3 Å². The molecule has 0 saturated carbocycles. The molecule has 0 unspecified atom stereocenters. The zero-order valence-electron chi connectivity index (χ0n) is 10.5. The van der Waals surface area contributed by atoms with Crippen molar-refractivity contribution in [3.8, 4) is 11.1 Å². The maximum absolute atomic E-state index is 11.6. The average Bonchev–Trinajstić information content (AvgIpc) is 2.46. The third-order valence-corrected chi connectivity index (χ3v) is 2.80. The summed E-state index contributed by atoms with van der Waals surface area (Å²) >= 11 is 0. The molecule has 3 nitrogen and oxygen atoms in total. The van der Waals surface area contributed by atoms with E-state index in [1.165, 1.54) is 12.0 Å². The van der Waals surface area contributed by atoms with Crippen LogP contribution >= 0.6 is 0 Å². The first-order valence-electron chi connectivity index (χ1n) is 5.70. The Morgan fingerprint density at radius 1 is 1.00 bits per heavy atom. The van der Waals surface area contributed by atoms with Crippen LogP contribution in [0.1, 0.15) is 0 Å². The number of amides is 1. The van der Waals surface area contributed by atoms with Crippen molar-refractivity contribution in [2.75, 3.05) is 19.1 Å². The summed E-state index contributed by atoms with van der Waals surface area (Å²) in [5.74, 6) is 0. The van der Waals surface area contributed by atoms with E-state index in [4.69, 9.17) is 4.74 Å². The molecule has 0 heterocycles. The summed E-state index contributed by atoms with van der Waals surface area (Å²) in [6.07, 6.45) is -0.376. The van der Waals surface area contributed by atoms with Gasteiger partial charge in [-0.25, -0.2) is 4.79 Å². The van der Waals surface area contributed by atoms with Crippen molar-refractivity contribution < 1.29 is 9.53 Å². The number of para-hydroxylation sites is 1. The van der Waals surface area contributed by atoms with E-state index in [0.29, 0.717) is 0 Å². The molecule has 2 rings (SSSR count). The lowest BCUT2D eigenvalue weighted by Crippen LogP contribution is -2.26. The van der Waals surface area contributed by atoms with E-state index in [1.807, 2.05) is 54.6 Å². The standard InChI is InChI=1S/C15H15NO2/c1-16(15(17)18-2)14-11-7-6-10-13(14)12-8-4-3-5-9-12/h3-11H,1-2H3. The first kappa shape index (κ1) is 12.2. The second-order valence-corrected chi connectivity index (χ2v) is 3.91. The highest BCUT2D eigenvalue weighted by Crippen LogP contribution is 2.30. The minimum absolute atomic E-state index is 0.376. The van der Waals surface area contributed by atoms with Crippen molar-refractivity contribution in [2.24, 2.45) is 0 Å². The fourth-order valence-electron chi connectivity index (χ4n) is 1.86. The molecule has 0 aliphatic rings. The number of carbonyl (C=O) groups is 1. The maximum Gasteiger partial charge on any atom is 0.413 e. The third kappa shape index (κ3) is 2.35. The number of carbonyl (C=O) groups excluding carboxylic acids is 1. The Bertz CT molecular complexity index is 537. The van der Waals surface area contributed by atoms with Gasteiger partial charge in [0.15, 0.2) is 0 Å². The summed E-state index contributed by atoms with van der Waals surface area (Å²) in [5.41, 5.74) is 2.91. The minimum Gasteiger partial charge on any atom is -0.452 e. The Kier molecular flexibility index (Phi) is 3.63. The van der Waals surface area contributed by atoms with Gasteiger partial charge in [0.05, 0.1) is 12.8 Å². The van der Waals surface area contributed by atoms with Crippen LogP contribution in [0.5, 0.6) is 0 Å². The molecule has 0 fully saturated rings. The highest BCUT2D eigenvalue weighted by atomic mass is 16.5. The number of hydrogen-bond acceptors (Lipinski definition) is 2. The lowest BCUT2D eigenvalue weighted by atomic mass is 10.0. The fraction of sp³-hybridized carbons (Fsp3) is 0.133. The van der Waals surface area contributed by atoms with Gasteiger partial charge in [0.25, 0.3) is 0 Å². The van der Waals surface area contributed by atoms with Crippen LogP contribution in [0.3, 0.4) is 0 Å². The Morgan fingerprint density at radius 3 is 2.28 bits per heavy atom. The summed E-state index contributed by atoms with van der Waals surface area (Å²) in [6, 6.07) is 17.7. The van der Waals surface area contributed by atoms with E-state index in [2.05, 4.69) is 0 Å². The number of methoxy groups -OCH3 is 1. The molecule has 18 heavy (non-hydrogen) atoms. The topological polar surface area (TPSA) is 29.5 Å². The van der Waals surface area contributed by atoms with Crippen LogP contribution in [0.15, 0.2) is 54.6 Å². The quantitative estimate of drug-likeness (QED) is 0.804. The highest BCUT2D eigenvalue weighted by Gasteiger charge is 2.14. The molecule has 0 bridgehead atoms. The number of hydrogen-bond donors (Lipinski definition) is 0. The van der Waals surface area contributed by atoms with Crippen molar-refractivity contribution >= 4 is 11.8 Å². The van der Waals surface area contributed by atoms with Crippen molar-refractivity contribution in [3.05, 3.63) is 54.6 Å². The monoisotopic (exact) mass is 241 g/mol. The largest absolute Gasteiger partial charge is 0.452 e. The van der Waals surface area contributed by atoms with Gasteiger partial charge in [0, 0.05) is 12.6 Å². The van der Waals surface area contributed by atoms with Crippen LogP contribution < -0.4 is 4.90 Å². The molecule has 0 aliphatic carbocycles. The van der Waals surface area contributed by atoms with Gasteiger partial charge in [-0.15, -0.1) is 0 Å². The number of ether oxygens (including phenoxy) is 1. The van der Waals surface area contributed by atoms with Crippen LogP contribution in [-0.2, 0) is 4.74 Å². The van der Waals surface area contributed by atoms with Crippen LogP contribution in [0, 0.1) is 0 Å². The zero-order chi connectivity index (χ0) is 13.0. The van der Waals surface area contributed by atoms with Gasteiger partial charge in [-0.3, -0.25) is 4.90 Å². The molecule has 0 atom stereocenters. The minimum atomic E-state index is -0.376. The van der Waals surface area contributed by atoms with Gasteiger partial charge in [-0.2, -0.15) is 0 Å². The van der Waals surface area contributed by atoms with Crippen molar-refractivity contribution in [1.82, 2.24) is 0 Å². The summed E-state index contributed by atoms with van der Waals surface area (Å²) in [6.45, 7) is 0. The molecular weight excluding hydrogens is 226 g/mol. The summed E-state index contributed by atoms with van der Waals surface area (Å²) in [4.78, 5) is 13.1. The molecule has 0 aliphatic heterocycles. The molecule has 3 heteroatoms. The number of anilines is 1. The van der Waals surface area contributed by atoms with Crippen molar-refractivity contribution in [1.29, 1.82) is 0 Å². The smallest absolute Gasteiger partial charge is 0.413 e. The van der Waals surface area contributed by atoms with Crippen LogP contribution in [0.4, 0.5) is 10.5 Å². The zero-order valence-corrected chi connectivity index (χ0v) is 10.5. The SMILES string of the molecule is COC(=O)N(C)c1ccccc1-c1ccccc1. The van der Waals surface area contributed by atoms with Crippen molar-refractivity contribution in [3.63, 3.8) is 0 Å². The second kappa shape index (κ2) is 5.36. The Balaban J connectivity index is 2.47. The van der Waals surface area contributed by atoms with Crippen molar-refractivity contribution in [2.45, 2.75) is 0 Å². The lowest BCUT2D eigenvalue weighted by Gasteiger charge is -2.19. The molecule has 0 radical (unpaired) electrons. The van der Waals surface area contributed by atoms with Gasteiger partial charge in [-0.05, 0) is 11.6 Å². The molecule has 0 N–H and O–H groups in total. The molecule has 2 aromatic carbocycles. The van der Waals surface area contributed by atoms with E-state index in [0.717, 1.165) is 16.8 Å². The van der Waals surface area contributed by atoms with Gasteiger partial charge in [-0.1, -0.05) is 48.5 Å². The Hall–Kier alpha value is -2.29. The summed E-state index contributed by atoms with van der Waals surface area (Å²) < 4.78 is 4.74. The van der Waals surface area contributed by atoms with E-state index >= 15 is 0 Å². The summed E-state index contributed by atoms with van der Waals surface area (Å²) in [7, 11) is 3.08. The van der Waals surface area contributed by atoms with Crippen LogP contribution in [0.2, 0.25) is 0 Å².